The summed E-state index contributed by atoms with van der Waals surface area (Å²) in [4.78, 5) is 15.0. The molecule has 2 fully saturated rings. The van der Waals surface area contributed by atoms with E-state index in [0.717, 1.165) is 32.5 Å². The van der Waals surface area contributed by atoms with Gasteiger partial charge in [-0.2, -0.15) is 0 Å². The standard InChI is InChI=1S/C16H20BrFN2O/c17-14-10-12(18)4-5-13(14)15(21)20-9-8-19-11-16(20)6-2-1-3-7-16/h4-5,10,19H,1-3,6-9,11H2. The van der Waals surface area contributed by atoms with Crippen LogP contribution in [0.1, 0.15) is 42.5 Å². The van der Waals surface area contributed by atoms with Crippen molar-refractivity contribution in [1.29, 1.82) is 0 Å². The Kier molecular flexibility index (Phi) is 4.31. The second-order valence-electron chi connectivity index (χ2n) is 6.04. The molecule has 1 aliphatic carbocycles. The molecule has 0 bridgehead atoms. The number of nitrogens with zero attached hydrogens (tertiary/aromatic N) is 1. The zero-order chi connectivity index (χ0) is 14.9. The van der Waals surface area contributed by atoms with Crippen LogP contribution in [-0.2, 0) is 0 Å². The Labute approximate surface area is 133 Å². The lowest BCUT2D eigenvalue weighted by molar-refractivity contribution is 0.0222. The van der Waals surface area contributed by atoms with Crippen LogP contribution in [0.2, 0.25) is 0 Å². The molecule has 1 aromatic carbocycles. The predicted molar refractivity (Wildman–Crippen MR) is 83.8 cm³/mol. The Bertz CT molecular complexity index is 535. The Hall–Kier alpha value is -0.940. The molecule has 1 heterocycles. The highest BCUT2D eigenvalue weighted by Crippen LogP contribution is 2.36. The molecular weight excluding hydrogens is 335 g/mol. The van der Waals surface area contributed by atoms with Crippen LogP contribution >= 0.6 is 15.9 Å². The summed E-state index contributed by atoms with van der Waals surface area (Å²) in [5.74, 6) is -0.309. The summed E-state index contributed by atoms with van der Waals surface area (Å²) in [6.07, 6.45) is 5.73. The van der Waals surface area contributed by atoms with Gasteiger partial charge in [0.25, 0.3) is 5.91 Å². The van der Waals surface area contributed by atoms with Gasteiger partial charge >= 0.3 is 0 Å². The van der Waals surface area contributed by atoms with E-state index in [1.54, 1.807) is 6.07 Å². The molecule has 0 atom stereocenters. The number of carbonyl (C=O) groups is 1. The summed E-state index contributed by atoms with van der Waals surface area (Å²) in [7, 11) is 0. The van der Waals surface area contributed by atoms with E-state index in [1.807, 2.05) is 4.90 Å². The first-order chi connectivity index (χ1) is 10.1. The summed E-state index contributed by atoms with van der Waals surface area (Å²) < 4.78 is 13.8. The minimum Gasteiger partial charge on any atom is -0.330 e. The van der Waals surface area contributed by atoms with Gasteiger partial charge in [0.05, 0.1) is 11.1 Å². The summed E-state index contributed by atoms with van der Waals surface area (Å²) >= 11 is 3.32. The Morgan fingerprint density at radius 2 is 2.05 bits per heavy atom. The summed E-state index contributed by atoms with van der Waals surface area (Å²) in [5, 5.41) is 3.44. The molecule has 0 radical (unpaired) electrons. The number of carbonyl (C=O) groups excluding carboxylic acids is 1. The highest BCUT2D eigenvalue weighted by Gasteiger charge is 2.42. The Morgan fingerprint density at radius 1 is 1.29 bits per heavy atom. The molecule has 1 aromatic rings. The smallest absolute Gasteiger partial charge is 0.255 e. The minimum atomic E-state index is -0.328. The van der Waals surface area contributed by atoms with Crippen LogP contribution in [0.3, 0.4) is 0 Å². The monoisotopic (exact) mass is 354 g/mol. The van der Waals surface area contributed by atoms with Crippen LogP contribution in [0, 0.1) is 5.82 Å². The lowest BCUT2D eigenvalue weighted by Gasteiger charge is -2.50. The lowest BCUT2D eigenvalue weighted by atomic mass is 9.78. The molecule has 2 aliphatic rings. The molecule has 1 amide bonds. The van der Waals surface area contributed by atoms with Crippen molar-refractivity contribution < 1.29 is 9.18 Å². The Balaban J connectivity index is 1.90. The molecule has 0 aromatic heterocycles. The third kappa shape index (κ3) is 2.86. The van der Waals surface area contributed by atoms with E-state index in [4.69, 9.17) is 0 Å². The van der Waals surface area contributed by atoms with Crippen LogP contribution in [0.15, 0.2) is 22.7 Å². The number of benzene rings is 1. The number of piperazine rings is 1. The van der Waals surface area contributed by atoms with Crippen molar-refractivity contribution in [3.8, 4) is 0 Å². The fourth-order valence-corrected chi connectivity index (χ4v) is 4.15. The van der Waals surface area contributed by atoms with E-state index in [9.17, 15) is 9.18 Å². The molecular formula is C16H20BrFN2O. The van der Waals surface area contributed by atoms with E-state index < -0.39 is 0 Å². The minimum absolute atomic E-state index is 0.0188. The lowest BCUT2D eigenvalue weighted by Crippen LogP contribution is -2.63. The topological polar surface area (TPSA) is 32.3 Å². The second kappa shape index (κ2) is 6.05. The number of hydrogen-bond acceptors (Lipinski definition) is 2. The number of rotatable bonds is 1. The van der Waals surface area contributed by atoms with Crippen molar-refractivity contribution >= 4 is 21.8 Å². The average molecular weight is 355 g/mol. The normalized spacial score (nSPS) is 21.5. The van der Waals surface area contributed by atoms with E-state index in [-0.39, 0.29) is 17.3 Å². The zero-order valence-corrected chi connectivity index (χ0v) is 13.6. The van der Waals surface area contributed by atoms with E-state index >= 15 is 0 Å². The van der Waals surface area contributed by atoms with Crippen LogP contribution < -0.4 is 5.32 Å². The van der Waals surface area contributed by atoms with Crippen LogP contribution in [0.4, 0.5) is 4.39 Å². The van der Waals surface area contributed by atoms with Gasteiger partial charge in [0.2, 0.25) is 0 Å². The summed E-state index contributed by atoms with van der Waals surface area (Å²) in [6.45, 7) is 2.42. The first kappa shape index (κ1) is 15.0. The molecule has 114 valence electrons. The Morgan fingerprint density at radius 3 is 2.76 bits per heavy atom. The first-order valence-corrected chi connectivity index (χ1v) is 8.39. The third-order valence-electron chi connectivity index (χ3n) is 4.73. The quantitative estimate of drug-likeness (QED) is 0.838. The van der Waals surface area contributed by atoms with Gasteiger partial charge in [0.15, 0.2) is 0 Å². The number of hydrogen-bond donors (Lipinski definition) is 1. The molecule has 3 nitrogen and oxygen atoms in total. The van der Waals surface area contributed by atoms with Crippen molar-refractivity contribution in [2.24, 2.45) is 0 Å². The molecule has 3 rings (SSSR count). The molecule has 1 saturated carbocycles. The van der Waals surface area contributed by atoms with Crippen molar-refractivity contribution in [2.45, 2.75) is 37.6 Å². The molecule has 0 unspecified atom stereocenters. The van der Waals surface area contributed by atoms with Gasteiger partial charge in [-0.1, -0.05) is 19.3 Å². The highest BCUT2D eigenvalue weighted by molar-refractivity contribution is 9.10. The number of nitrogens with one attached hydrogen (secondary N) is 1. The average Bonchev–Trinajstić information content (AvgIpc) is 2.48. The maximum atomic E-state index is 13.2. The SMILES string of the molecule is O=C(c1ccc(F)cc1Br)N1CCNCC12CCCCC2. The van der Waals surface area contributed by atoms with Crippen LogP contribution in [0.5, 0.6) is 0 Å². The van der Waals surface area contributed by atoms with Gasteiger partial charge in [-0.15, -0.1) is 0 Å². The van der Waals surface area contributed by atoms with Crippen molar-refractivity contribution in [2.75, 3.05) is 19.6 Å². The summed E-state index contributed by atoms with van der Waals surface area (Å²) in [6, 6.07) is 4.30. The summed E-state index contributed by atoms with van der Waals surface area (Å²) in [5.41, 5.74) is 0.504. The molecule has 1 spiro atoms. The fraction of sp³-hybridized carbons (Fsp3) is 0.562. The maximum Gasteiger partial charge on any atom is 0.255 e. The van der Waals surface area contributed by atoms with E-state index in [0.29, 0.717) is 10.0 Å². The van der Waals surface area contributed by atoms with E-state index in [2.05, 4.69) is 21.2 Å². The van der Waals surface area contributed by atoms with Gasteiger partial charge in [-0.3, -0.25) is 4.79 Å². The second-order valence-corrected chi connectivity index (χ2v) is 6.90. The number of amides is 1. The first-order valence-electron chi connectivity index (χ1n) is 7.60. The van der Waals surface area contributed by atoms with Gasteiger partial charge in [-0.05, 0) is 47.0 Å². The third-order valence-corrected chi connectivity index (χ3v) is 5.39. The molecule has 21 heavy (non-hydrogen) atoms. The van der Waals surface area contributed by atoms with Crippen LogP contribution in [-0.4, -0.2) is 36.0 Å². The van der Waals surface area contributed by atoms with Crippen molar-refractivity contribution in [1.82, 2.24) is 10.2 Å². The molecule has 5 heteroatoms. The van der Waals surface area contributed by atoms with Gasteiger partial charge in [0.1, 0.15) is 5.82 Å². The van der Waals surface area contributed by atoms with Crippen molar-refractivity contribution in [3.05, 3.63) is 34.1 Å². The molecule has 1 saturated heterocycles. The van der Waals surface area contributed by atoms with Gasteiger partial charge in [-0.25, -0.2) is 4.39 Å². The predicted octanol–water partition coefficient (Wildman–Crippen LogP) is 3.34. The maximum absolute atomic E-state index is 13.2. The van der Waals surface area contributed by atoms with Gasteiger partial charge < -0.3 is 10.2 Å². The van der Waals surface area contributed by atoms with Gasteiger partial charge in [0, 0.05) is 24.1 Å². The molecule has 1 aliphatic heterocycles. The van der Waals surface area contributed by atoms with Crippen molar-refractivity contribution in [3.63, 3.8) is 0 Å². The largest absolute Gasteiger partial charge is 0.330 e. The van der Waals surface area contributed by atoms with Crippen LogP contribution in [0.25, 0.3) is 0 Å². The highest BCUT2D eigenvalue weighted by atomic mass is 79.9. The number of halogens is 2. The zero-order valence-electron chi connectivity index (χ0n) is 12.0. The van der Waals surface area contributed by atoms with E-state index in [1.165, 1.54) is 31.4 Å². The molecule has 1 N–H and O–H groups in total. The fourth-order valence-electron chi connectivity index (χ4n) is 3.63.